The van der Waals surface area contributed by atoms with Gasteiger partial charge in [-0.05, 0) is 27.2 Å². The van der Waals surface area contributed by atoms with E-state index in [-0.39, 0.29) is 30.9 Å². The van der Waals surface area contributed by atoms with Crippen LogP contribution in [0.2, 0.25) is 0 Å². The van der Waals surface area contributed by atoms with E-state index in [1.54, 1.807) is 11.8 Å². The van der Waals surface area contributed by atoms with Gasteiger partial charge in [-0.1, -0.05) is 0 Å². The summed E-state index contributed by atoms with van der Waals surface area (Å²) in [5.74, 6) is -0.284. The first-order valence-corrected chi connectivity index (χ1v) is 6.77. The summed E-state index contributed by atoms with van der Waals surface area (Å²) in [5, 5.41) is 12.0. The molecule has 6 nitrogen and oxygen atoms in total. The highest BCUT2D eigenvalue weighted by atomic mass is 16.5. The molecule has 1 aliphatic rings. The molecule has 1 saturated heterocycles. The first kappa shape index (κ1) is 15.9. The zero-order valence-electron chi connectivity index (χ0n) is 11.9. The highest BCUT2D eigenvalue weighted by Crippen LogP contribution is 2.11. The lowest BCUT2D eigenvalue weighted by Crippen LogP contribution is -2.56. The summed E-state index contributed by atoms with van der Waals surface area (Å²) in [6, 6.07) is -0.526. The largest absolute Gasteiger partial charge is 0.393 e. The molecule has 19 heavy (non-hydrogen) atoms. The van der Waals surface area contributed by atoms with Crippen molar-refractivity contribution in [2.24, 2.45) is 0 Å². The van der Waals surface area contributed by atoms with Crippen LogP contribution in [-0.2, 0) is 14.3 Å². The van der Waals surface area contributed by atoms with E-state index in [1.807, 2.05) is 13.8 Å². The minimum Gasteiger partial charge on any atom is -0.393 e. The van der Waals surface area contributed by atoms with Gasteiger partial charge in [0.25, 0.3) is 0 Å². The number of aliphatic hydroxyl groups is 1. The van der Waals surface area contributed by atoms with Crippen molar-refractivity contribution in [2.75, 3.05) is 19.8 Å². The monoisotopic (exact) mass is 272 g/mol. The Hall–Kier alpha value is -1.14. The molecule has 2 unspecified atom stereocenters. The normalized spacial score (nSPS) is 21.3. The quantitative estimate of drug-likeness (QED) is 0.732. The Balaban J connectivity index is 2.61. The van der Waals surface area contributed by atoms with E-state index in [2.05, 4.69) is 5.32 Å². The molecule has 0 saturated carbocycles. The number of aliphatic hydroxyl groups excluding tert-OH is 1. The van der Waals surface area contributed by atoms with Crippen molar-refractivity contribution >= 4 is 11.8 Å². The lowest BCUT2D eigenvalue weighted by molar-refractivity contribution is -0.149. The maximum atomic E-state index is 12.1. The van der Waals surface area contributed by atoms with Crippen molar-refractivity contribution in [3.05, 3.63) is 0 Å². The minimum absolute atomic E-state index is 0.0313. The van der Waals surface area contributed by atoms with Gasteiger partial charge in [0.05, 0.1) is 19.3 Å². The molecule has 1 rings (SSSR count). The Bertz CT molecular complexity index is 318. The summed E-state index contributed by atoms with van der Waals surface area (Å²) < 4.78 is 5.29. The van der Waals surface area contributed by atoms with Crippen LogP contribution in [0.4, 0.5) is 0 Å². The molecule has 2 amide bonds. The molecule has 0 radical (unpaired) electrons. The highest BCUT2D eigenvalue weighted by Gasteiger charge is 2.32. The molecule has 6 heteroatoms. The maximum absolute atomic E-state index is 12.1. The van der Waals surface area contributed by atoms with Crippen LogP contribution in [0, 0.1) is 0 Å². The summed E-state index contributed by atoms with van der Waals surface area (Å²) in [4.78, 5) is 25.7. The van der Waals surface area contributed by atoms with Crippen molar-refractivity contribution in [1.29, 1.82) is 0 Å². The van der Waals surface area contributed by atoms with Gasteiger partial charge in [-0.25, -0.2) is 0 Å². The number of hydrogen-bond donors (Lipinski definition) is 2. The van der Waals surface area contributed by atoms with E-state index in [9.17, 15) is 14.7 Å². The molecular formula is C13H24N2O4. The fraction of sp³-hybridized carbons (Fsp3) is 0.846. The number of nitrogens with one attached hydrogen (secondary N) is 1. The summed E-state index contributed by atoms with van der Waals surface area (Å²) in [5.41, 5.74) is 0. The number of amides is 2. The van der Waals surface area contributed by atoms with Crippen LogP contribution in [-0.4, -0.2) is 59.8 Å². The Morgan fingerprint density at radius 3 is 2.68 bits per heavy atom. The number of carbonyl (C=O) groups is 2. The molecule has 0 aromatic rings. The lowest BCUT2D eigenvalue weighted by atomic mass is 10.1. The van der Waals surface area contributed by atoms with Gasteiger partial charge in [0.1, 0.15) is 6.04 Å². The van der Waals surface area contributed by atoms with Crippen molar-refractivity contribution in [3.8, 4) is 0 Å². The van der Waals surface area contributed by atoms with E-state index < -0.39 is 12.1 Å². The van der Waals surface area contributed by atoms with Crippen molar-refractivity contribution in [2.45, 2.75) is 51.8 Å². The topological polar surface area (TPSA) is 78.9 Å². The number of rotatable bonds is 5. The van der Waals surface area contributed by atoms with E-state index in [1.165, 1.54) is 0 Å². The molecule has 0 spiro atoms. The summed E-state index contributed by atoms with van der Waals surface area (Å²) in [7, 11) is 0. The molecule has 1 heterocycles. The highest BCUT2D eigenvalue weighted by molar-refractivity contribution is 5.88. The van der Waals surface area contributed by atoms with Crippen LogP contribution in [0.1, 0.15) is 33.6 Å². The summed E-state index contributed by atoms with van der Waals surface area (Å²) >= 11 is 0. The zero-order valence-corrected chi connectivity index (χ0v) is 11.9. The first-order valence-electron chi connectivity index (χ1n) is 6.77. The third kappa shape index (κ3) is 5.16. The van der Waals surface area contributed by atoms with Crippen LogP contribution in [0.25, 0.3) is 0 Å². The average molecular weight is 272 g/mol. The van der Waals surface area contributed by atoms with Gasteiger partial charge in [0, 0.05) is 19.0 Å². The number of nitrogens with zero attached hydrogens (tertiary/aromatic N) is 1. The molecule has 1 aliphatic heterocycles. The smallest absolute Gasteiger partial charge is 0.245 e. The molecule has 2 N–H and O–H groups in total. The molecule has 110 valence electrons. The van der Waals surface area contributed by atoms with Gasteiger partial charge in [-0.2, -0.15) is 0 Å². The minimum atomic E-state index is -0.558. The second kappa shape index (κ2) is 7.45. The Labute approximate surface area is 114 Å². The van der Waals surface area contributed by atoms with Gasteiger partial charge in [0.15, 0.2) is 0 Å². The van der Waals surface area contributed by atoms with Gasteiger partial charge in [-0.3, -0.25) is 9.59 Å². The molecule has 0 aromatic heterocycles. The standard InChI is InChI=1S/C13H24N2O4/c1-9(2)14-13(18)11-8-19-7-6-15(11)12(17)5-4-10(3)16/h9-11,16H,4-8H2,1-3H3,(H,14,18). The van der Waals surface area contributed by atoms with Crippen LogP contribution in [0.3, 0.4) is 0 Å². The van der Waals surface area contributed by atoms with Crippen molar-refractivity contribution in [1.82, 2.24) is 10.2 Å². The number of hydrogen-bond acceptors (Lipinski definition) is 4. The van der Waals surface area contributed by atoms with E-state index >= 15 is 0 Å². The number of ether oxygens (including phenoxy) is 1. The van der Waals surface area contributed by atoms with Crippen molar-refractivity contribution in [3.63, 3.8) is 0 Å². The molecule has 1 fully saturated rings. The molecular weight excluding hydrogens is 248 g/mol. The average Bonchev–Trinajstić information content (AvgIpc) is 2.35. The van der Waals surface area contributed by atoms with Crippen LogP contribution in [0.15, 0.2) is 0 Å². The summed E-state index contributed by atoms with van der Waals surface area (Å²) in [6.45, 7) is 6.51. The number of carbonyl (C=O) groups excluding carboxylic acids is 2. The van der Waals surface area contributed by atoms with E-state index in [4.69, 9.17) is 4.74 Å². The molecule has 0 aromatic carbocycles. The second-order valence-electron chi connectivity index (χ2n) is 5.23. The van der Waals surface area contributed by atoms with E-state index in [0.717, 1.165) is 0 Å². The molecule has 0 bridgehead atoms. The summed E-state index contributed by atoms with van der Waals surface area (Å²) in [6.07, 6.45) is 0.158. The van der Waals surface area contributed by atoms with Gasteiger partial charge >= 0.3 is 0 Å². The predicted octanol–water partition coefficient (Wildman–Crippen LogP) is -0.101. The van der Waals surface area contributed by atoms with Crippen LogP contribution >= 0.6 is 0 Å². The third-order valence-corrected chi connectivity index (χ3v) is 2.96. The molecule has 0 aliphatic carbocycles. The SMILES string of the molecule is CC(O)CCC(=O)N1CCOCC1C(=O)NC(C)C. The Kier molecular flexibility index (Phi) is 6.24. The molecule has 2 atom stereocenters. The van der Waals surface area contributed by atoms with Gasteiger partial charge < -0.3 is 20.1 Å². The second-order valence-corrected chi connectivity index (χ2v) is 5.23. The maximum Gasteiger partial charge on any atom is 0.245 e. The van der Waals surface area contributed by atoms with Crippen LogP contribution < -0.4 is 5.32 Å². The Morgan fingerprint density at radius 1 is 1.42 bits per heavy atom. The first-order chi connectivity index (χ1) is 8.91. The number of morpholine rings is 1. The fourth-order valence-corrected chi connectivity index (χ4v) is 1.98. The third-order valence-electron chi connectivity index (χ3n) is 2.96. The zero-order chi connectivity index (χ0) is 14.4. The van der Waals surface area contributed by atoms with Crippen LogP contribution in [0.5, 0.6) is 0 Å². The fourth-order valence-electron chi connectivity index (χ4n) is 1.98. The van der Waals surface area contributed by atoms with Crippen molar-refractivity contribution < 1.29 is 19.4 Å². The lowest BCUT2D eigenvalue weighted by Gasteiger charge is -2.35. The van der Waals surface area contributed by atoms with E-state index in [0.29, 0.717) is 19.6 Å². The van der Waals surface area contributed by atoms with Gasteiger partial charge in [0.2, 0.25) is 11.8 Å². The predicted molar refractivity (Wildman–Crippen MR) is 70.5 cm³/mol. The Morgan fingerprint density at radius 2 is 2.11 bits per heavy atom. The van der Waals surface area contributed by atoms with Gasteiger partial charge in [-0.15, -0.1) is 0 Å².